The second-order valence-corrected chi connectivity index (χ2v) is 9.19. The zero-order chi connectivity index (χ0) is 26.8. The van der Waals surface area contributed by atoms with Gasteiger partial charge in [0.25, 0.3) is 11.5 Å². The smallest absolute Gasteiger partial charge is 0.256 e. The van der Waals surface area contributed by atoms with E-state index in [1.807, 2.05) is 6.92 Å². The van der Waals surface area contributed by atoms with Gasteiger partial charge in [0, 0.05) is 55.6 Å². The van der Waals surface area contributed by atoms with E-state index in [1.54, 1.807) is 71.8 Å². The molecule has 1 saturated heterocycles. The number of benzene rings is 1. The van der Waals surface area contributed by atoms with Gasteiger partial charge < -0.3 is 19.5 Å². The molecule has 0 unspecified atom stereocenters. The predicted octanol–water partition coefficient (Wildman–Crippen LogP) is 2.73. The van der Waals surface area contributed by atoms with Crippen LogP contribution in [-0.4, -0.2) is 56.6 Å². The lowest BCUT2D eigenvalue weighted by Crippen LogP contribution is -2.47. The number of fused-ring (bicyclic) bond motifs is 1. The zero-order valence-corrected chi connectivity index (χ0v) is 21.3. The number of pyridine rings is 1. The van der Waals surface area contributed by atoms with E-state index in [2.05, 4.69) is 25.1 Å². The molecule has 1 amide bonds. The fraction of sp³-hybridized carbons (Fsp3) is 0.214. The van der Waals surface area contributed by atoms with Crippen LogP contribution >= 0.6 is 0 Å². The number of rotatable bonds is 6. The van der Waals surface area contributed by atoms with Crippen LogP contribution in [0.2, 0.25) is 0 Å². The van der Waals surface area contributed by atoms with Crippen LogP contribution in [0.5, 0.6) is 0 Å². The second kappa shape index (κ2) is 10.4. The number of carbonyl (C=O) groups excluding carboxylic acids is 1. The number of nitrogens with zero attached hydrogens (tertiary/aromatic N) is 7. The predicted molar refractivity (Wildman–Crippen MR) is 146 cm³/mol. The molecule has 0 radical (unpaired) electrons. The molecule has 196 valence electrons. The number of carbonyl (C=O) groups is 1. The lowest BCUT2D eigenvalue weighted by atomic mass is 10.1. The SMILES string of the molecule is Cc1nc(N2CCN(c3ncccn3)CC2)nc2c1ccc(=O)n2-c1ccc(C(=O)NCc2ccco2)cc1. The number of aryl methyl sites for hydroxylation is 1. The molecule has 11 nitrogen and oxygen atoms in total. The Morgan fingerprint density at radius 2 is 1.62 bits per heavy atom. The number of anilines is 2. The van der Waals surface area contributed by atoms with Gasteiger partial charge in [0.15, 0.2) is 5.65 Å². The van der Waals surface area contributed by atoms with Crippen molar-refractivity contribution in [3.8, 4) is 5.69 Å². The van der Waals surface area contributed by atoms with Crippen molar-refractivity contribution in [2.45, 2.75) is 13.5 Å². The van der Waals surface area contributed by atoms with Crippen molar-refractivity contribution in [3.05, 3.63) is 101 Å². The van der Waals surface area contributed by atoms with Crippen LogP contribution in [0, 0.1) is 6.92 Å². The summed E-state index contributed by atoms with van der Waals surface area (Å²) < 4.78 is 6.82. The summed E-state index contributed by atoms with van der Waals surface area (Å²) in [5, 5.41) is 3.61. The maximum absolute atomic E-state index is 13.1. The molecule has 0 saturated carbocycles. The minimum Gasteiger partial charge on any atom is -0.467 e. The maximum Gasteiger partial charge on any atom is 0.256 e. The maximum atomic E-state index is 13.1. The summed E-state index contributed by atoms with van der Waals surface area (Å²) in [6.07, 6.45) is 5.04. The molecule has 5 heterocycles. The van der Waals surface area contributed by atoms with E-state index in [1.165, 1.54) is 6.07 Å². The molecule has 0 bridgehead atoms. The van der Waals surface area contributed by atoms with Crippen LogP contribution in [0.25, 0.3) is 16.7 Å². The molecular formula is C28H26N8O3. The Balaban J connectivity index is 1.26. The third-order valence-electron chi connectivity index (χ3n) is 6.72. The molecule has 0 aliphatic carbocycles. The van der Waals surface area contributed by atoms with Crippen molar-refractivity contribution in [1.82, 2.24) is 29.8 Å². The highest BCUT2D eigenvalue weighted by Gasteiger charge is 2.22. The quantitative estimate of drug-likeness (QED) is 0.359. The number of hydrogen-bond acceptors (Lipinski definition) is 9. The van der Waals surface area contributed by atoms with E-state index >= 15 is 0 Å². The van der Waals surface area contributed by atoms with Gasteiger partial charge in [0.2, 0.25) is 11.9 Å². The van der Waals surface area contributed by atoms with Crippen LogP contribution in [0.4, 0.5) is 11.9 Å². The van der Waals surface area contributed by atoms with Crippen LogP contribution in [0.3, 0.4) is 0 Å². The third kappa shape index (κ3) is 4.93. The van der Waals surface area contributed by atoms with Crippen LogP contribution < -0.4 is 20.7 Å². The van der Waals surface area contributed by atoms with Gasteiger partial charge in [-0.15, -0.1) is 0 Å². The molecule has 1 aromatic carbocycles. The highest BCUT2D eigenvalue weighted by molar-refractivity contribution is 5.94. The third-order valence-corrected chi connectivity index (χ3v) is 6.72. The first-order valence-electron chi connectivity index (χ1n) is 12.7. The fourth-order valence-electron chi connectivity index (χ4n) is 4.65. The Kier molecular flexibility index (Phi) is 6.45. The van der Waals surface area contributed by atoms with Gasteiger partial charge in [0.05, 0.1) is 24.2 Å². The number of nitrogens with one attached hydrogen (secondary N) is 1. The lowest BCUT2D eigenvalue weighted by molar-refractivity contribution is 0.0948. The Hall–Kier alpha value is -5.06. The van der Waals surface area contributed by atoms with Crippen molar-refractivity contribution in [1.29, 1.82) is 0 Å². The summed E-state index contributed by atoms with van der Waals surface area (Å²) in [6.45, 7) is 5.07. The summed E-state index contributed by atoms with van der Waals surface area (Å²) in [7, 11) is 0. The van der Waals surface area contributed by atoms with Crippen molar-refractivity contribution in [2.75, 3.05) is 36.0 Å². The molecule has 0 spiro atoms. The van der Waals surface area contributed by atoms with Crippen LogP contribution in [-0.2, 0) is 6.54 Å². The van der Waals surface area contributed by atoms with Crippen molar-refractivity contribution < 1.29 is 9.21 Å². The molecule has 6 rings (SSSR count). The Labute approximate surface area is 223 Å². The molecule has 1 fully saturated rings. The molecular weight excluding hydrogens is 496 g/mol. The molecule has 1 N–H and O–H groups in total. The minimum atomic E-state index is -0.233. The van der Waals surface area contributed by atoms with E-state index in [9.17, 15) is 9.59 Å². The first-order chi connectivity index (χ1) is 19.1. The number of aromatic nitrogens is 5. The molecule has 1 aliphatic rings. The van der Waals surface area contributed by atoms with Crippen LogP contribution in [0.15, 0.2) is 82.5 Å². The summed E-state index contributed by atoms with van der Waals surface area (Å²) in [6, 6.07) is 15.5. The molecule has 1 aliphatic heterocycles. The van der Waals surface area contributed by atoms with E-state index in [-0.39, 0.29) is 11.5 Å². The van der Waals surface area contributed by atoms with E-state index < -0.39 is 0 Å². The molecule has 0 atom stereocenters. The number of hydrogen-bond donors (Lipinski definition) is 1. The van der Waals surface area contributed by atoms with Gasteiger partial charge in [-0.25, -0.2) is 15.0 Å². The fourth-order valence-corrected chi connectivity index (χ4v) is 4.65. The van der Waals surface area contributed by atoms with Crippen molar-refractivity contribution >= 4 is 28.8 Å². The normalized spacial score (nSPS) is 13.6. The van der Waals surface area contributed by atoms with Gasteiger partial charge in [0.1, 0.15) is 5.76 Å². The van der Waals surface area contributed by atoms with E-state index in [4.69, 9.17) is 14.4 Å². The zero-order valence-electron chi connectivity index (χ0n) is 21.3. The molecule has 4 aromatic heterocycles. The molecule has 5 aromatic rings. The van der Waals surface area contributed by atoms with Gasteiger partial charge in [-0.05, 0) is 55.5 Å². The molecule has 39 heavy (non-hydrogen) atoms. The second-order valence-electron chi connectivity index (χ2n) is 9.19. The van der Waals surface area contributed by atoms with E-state index in [0.717, 1.165) is 24.2 Å². The lowest BCUT2D eigenvalue weighted by Gasteiger charge is -2.34. The van der Waals surface area contributed by atoms with Gasteiger partial charge in [-0.1, -0.05) is 0 Å². The molecule has 11 heteroatoms. The average Bonchev–Trinajstić information content (AvgIpc) is 3.50. The first-order valence-corrected chi connectivity index (χ1v) is 12.7. The summed E-state index contributed by atoms with van der Waals surface area (Å²) in [4.78, 5) is 48.2. The van der Waals surface area contributed by atoms with Crippen molar-refractivity contribution in [2.24, 2.45) is 0 Å². The summed E-state index contributed by atoms with van der Waals surface area (Å²) in [5.41, 5.74) is 2.18. The highest BCUT2D eigenvalue weighted by atomic mass is 16.3. The summed E-state index contributed by atoms with van der Waals surface area (Å²) in [5.74, 6) is 1.72. The van der Waals surface area contributed by atoms with Crippen LogP contribution in [0.1, 0.15) is 21.8 Å². The minimum absolute atomic E-state index is 0.215. The van der Waals surface area contributed by atoms with E-state index in [0.29, 0.717) is 54.2 Å². The summed E-state index contributed by atoms with van der Waals surface area (Å²) >= 11 is 0. The monoisotopic (exact) mass is 522 g/mol. The number of piperazine rings is 1. The topological polar surface area (TPSA) is 122 Å². The number of furan rings is 1. The Bertz CT molecular complexity index is 1660. The Morgan fingerprint density at radius 3 is 2.31 bits per heavy atom. The highest BCUT2D eigenvalue weighted by Crippen LogP contribution is 2.22. The largest absolute Gasteiger partial charge is 0.467 e. The standard InChI is InChI=1S/C28H26N8O3/c1-19-23-9-10-24(37)36(21-7-5-20(6-8-21)26(38)31-18-22-4-2-17-39-22)25(23)33-28(32-19)35-15-13-34(14-16-35)27-29-11-3-12-30-27/h2-12,17H,13-16,18H2,1H3,(H,31,38). The van der Waals surface area contributed by atoms with Gasteiger partial charge >= 0.3 is 0 Å². The average molecular weight is 523 g/mol. The van der Waals surface area contributed by atoms with Gasteiger partial charge in [-0.2, -0.15) is 4.98 Å². The number of amides is 1. The Morgan fingerprint density at radius 1 is 0.897 bits per heavy atom. The van der Waals surface area contributed by atoms with Gasteiger partial charge in [-0.3, -0.25) is 14.2 Å². The first kappa shape index (κ1) is 24.3. The van der Waals surface area contributed by atoms with Crippen molar-refractivity contribution in [3.63, 3.8) is 0 Å².